The average molecular weight is 288 g/mol. The van der Waals surface area contributed by atoms with Gasteiger partial charge in [0.2, 0.25) is 10.0 Å². The van der Waals surface area contributed by atoms with Crippen LogP contribution in [0.1, 0.15) is 13.3 Å². The third kappa shape index (κ3) is 3.19. The summed E-state index contributed by atoms with van der Waals surface area (Å²) in [4.78, 5) is 9.94. The van der Waals surface area contributed by atoms with Crippen LogP contribution in [-0.2, 0) is 10.0 Å². The van der Waals surface area contributed by atoms with Gasteiger partial charge in [0.15, 0.2) is 0 Å². The summed E-state index contributed by atoms with van der Waals surface area (Å²) in [5.74, 6) is 5.23. The van der Waals surface area contributed by atoms with E-state index >= 15 is 0 Å². The number of benzene rings is 1. The maximum absolute atomic E-state index is 12.2. The smallest absolute Gasteiger partial charge is 0.271 e. The highest BCUT2D eigenvalue weighted by atomic mass is 32.2. The highest BCUT2D eigenvalue weighted by Crippen LogP contribution is 2.27. The lowest BCUT2D eigenvalue weighted by molar-refractivity contribution is -0.384. The van der Waals surface area contributed by atoms with Gasteiger partial charge in [-0.15, -0.1) is 0 Å². The molecule has 0 atom stereocenters. The van der Waals surface area contributed by atoms with Crippen molar-refractivity contribution < 1.29 is 13.3 Å². The van der Waals surface area contributed by atoms with E-state index in [0.717, 1.165) is 12.1 Å². The lowest BCUT2D eigenvalue weighted by atomic mass is 10.3. The Balaban J connectivity index is 3.31. The number of nitrogens with two attached hydrogens (primary N) is 1. The Morgan fingerprint density at radius 3 is 2.58 bits per heavy atom. The van der Waals surface area contributed by atoms with Crippen LogP contribution in [0.4, 0.5) is 11.4 Å². The van der Waals surface area contributed by atoms with Crippen LogP contribution in [0.2, 0.25) is 0 Å². The molecule has 1 aromatic carbocycles. The van der Waals surface area contributed by atoms with Crippen molar-refractivity contribution in [1.82, 2.24) is 4.31 Å². The first-order valence-corrected chi connectivity index (χ1v) is 7.00. The Hall–Kier alpha value is -1.71. The van der Waals surface area contributed by atoms with E-state index in [2.05, 4.69) is 5.43 Å². The van der Waals surface area contributed by atoms with Gasteiger partial charge in [-0.3, -0.25) is 16.0 Å². The Kier molecular flexibility index (Phi) is 4.81. The van der Waals surface area contributed by atoms with Crippen LogP contribution in [0, 0.1) is 10.1 Å². The summed E-state index contributed by atoms with van der Waals surface area (Å²) in [7, 11) is -2.27. The normalized spacial score (nSPS) is 11.6. The summed E-state index contributed by atoms with van der Waals surface area (Å²) in [6.45, 7) is 2.20. The molecule has 0 bridgehead atoms. The standard InChI is InChI=1S/C10H16N4O4S/c1-3-6-13(2)19(17,18)10-5-4-8(14(15)16)7-9(10)12-11/h4-5,7,12H,3,6,11H2,1-2H3. The monoisotopic (exact) mass is 288 g/mol. The predicted octanol–water partition coefficient (Wildman–Crippen LogP) is 0.911. The second-order valence-electron chi connectivity index (χ2n) is 3.91. The molecule has 0 spiro atoms. The van der Waals surface area contributed by atoms with Gasteiger partial charge in [-0.1, -0.05) is 6.92 Å². The molecule has 0 heterocycles. The van der Waals surface area contributed by atoms with Crippen molar-refractivity contribution in [1.29, 1.82) is 0 Å². The van der Waals surface area contributed by atoms with Gasteiger partial charge in [-0.2, -0.15) is 0 Å². The number of anilines is 1. The van der Waals surface area contributed by atoms with Crippen molar-refractivity contribution in [3.63, 3.8) is 0 Å². The van der Waals surface area contributed by atoms with E-state index < -0.39 is 14.9 Å². The molecule has 0 fully saturated rings. The maximum atomic E-state index is 12.2. The number of nitro benzene ring substituents is 1. The third-order valence-corrected chi connectivity index (χ3v) is 4.47. The number of sulfonamides is 1. The summed E-state index contributed by atoms with van der Waals surface area (Å²) in [5.41, 5.74) is 1.95. The summed E-state index contributed by atoms with van der Waals surface area (Å²) >= 11 is 0. The van der Waals surface area contributed by atoms with E-state index in [1.165, 1.54) is 17.4 Å². The van der Waals surface area contributed by atoms with E-state index in [1.807, 2.05) is 6.92 Å². The molecule has 0 aliphatic heterocycles. The highest BCUT2D eigenvalue weighted by Gasteiger charge is 2.24. The zero-order valence-corrected chi connectivity index (χ0v) is 11.5. The maximum Gasteiger partial charge on any atom is 0.271 e. The topological polar surface area (TPSA) is 119 Å². The Morgan fingerprint density at radius 2 is 2.11 bits per heavy atom. The molecule has 9 heteroatoms. The first-order chi connectivity index (χ1) is 8.84. The molecule has 0 amide bonds. The highest BCUT2D eigenvalue weighted by molar-refractivity contribution is 7.89. The fourth-order valence-electron chi connectivity index (χ4n) is 1.57. The largest absolute Gasteiger partial charge is 0.323 e. The molecule has 0 saturated heterocycles. The Morgan fingerprint density at radius 1 is 1.47 bits per heavy atom. The van der Waals surface area contributed by atoms with Crippen molar-refractivity contribution in [2.24, 2.45) is 5.84 Å². The van der Waals surface area contributed by atoms with E-state index in [9.17, 15) is 18.5 Å². The molecule has 0 aliphatic rings. The number of non-ortho nitro benzene ring substituents is 1. The van der Waals surface area contributed by atoms with Crippen LogP contribution in [0.15, 0.2) is 23.1 Å². The van der Waals surface area contributed by atoms with Crippen LogP contribution >= 0.6 is 0 Å². The lowest BCUT2D eigenvalue weighted by Crippen LogP contribution is -2.28. The number of hydrogen-bond acceptors (Lipinski definition) is 6. The molecule has 1 aromatic rings. The molecule has 0 aromatic heterocycles. The molecule has 0 aliphatic carbocycles. The van der Waals surface area contributed by atoms with E-state index in [4.69, 9.17) is 5.84 Å². The Labute approximate surface area is 111 Å². The molecule has 0 radical (unpaired) electrons. The van der Waals surface area contributed by atoms with Crippen molar-refractivity contribution in [3.8, 4) is 0 Å². The van der Waals surface area contributed by atoms with Crippen LogP contribution in [0.5, 0.6) is 0 Å². The average Bonchev–Trinajstić information content (AvgIpc) is 2.38. The number of nitrogens with one attached hydrogen (secondary N) is 1. The van der Waals surface area contributed by atoms with Gasteiger partial charge in [-0.25, -0.2) is 12.7 Å². The second-order valence-corrected chi connectivity index (χ2v) is 5.92. The molecule has 3 N–H and O–H groups in total. The van der Waals surface area contributed by atoms with E-state index in [1.54, 1.807) is 0 Å². The van der Waals surface area contributed by atoms with Crippen molar-refractivity contribution >= 4 is 21.4 Å². The van der Waals surface area contributed by atoms with E-state index in [0.29, 0.717) is 13.0 Å². The SMILES string of the molecule is CCCN(C)S(=O)(=O)c1ccc([N+](=O)[O-])cc1NN. The number of rotatable bonds is 6. The molecule has 19 heavy (non-hydrogen) atoms. The quantitative estimate of drug-likeness (QED) is 0.456. The minimum Gasteiger partial charge on any atom is -0.323 e. The number of nitro groups is 1. The van der Waals surface area contributed by atoms with Gasteiger partial charge in [0.25, 0.3) is 5.69 Å². The van der Waals surface area contributed by atoms with Gasteiger partial charge in [0.05, 0.1) is 10.6 Å². The predicted molar refractivity (Wildman–Crippen MR) is 71.0 cm³/mol. The molecule has 0 unspecified atom stereocenters. The lowest BCUT2D eigenvalue weighted by Gasteiger charge is -2.18. The minimum absolute atomic E-state index is 0.00264. The fraction of sp³-hybridized carbons (Fsp3) is 0.400. The van der Waals surface area contributed by atoms with Gasteiger partial charge < -0.3 is 5.43 Å². The molecular weight excluding hydrogens is 272 g/mol. The fourth-order valence-corrected chi connectivity index (χ4v) is 2.97. The summed E-state index contributed by atoms with van der Waals surface area (Å²) in [6, 6.07) is 3.40. The van der Waals surface area contributed by atoms with Crippen LogP contribution in [-0.4, -0.2) is 31.2 Å². The van der Waals surface area contributed by atoms with Crippen molar-refractivity contribution in [3.05, 3.63) is 28.3 Å². The third-order valence-electron chi connectivity index (χ3n) is 2.56. The number of hydrazine groups is 1. The molecular formula is C10H16N4O4S. The van der Waals surface area contributed by atoms with E-state index in [-0.39, 0.29) is 16.3 Å². The van der Waals surface area contributed by atoms with Crippen LogP contribution in [0.25, 0.3) is 0 Å². The van der Waals surface area contributed by atoms with Crippen molar-refractivity contribution in [2.75, 3.05) is 19.0 Å². The number of hydrogen-bond donors (Lipinski definition) is 2. The second kappa shape index (κ2) is 5.95. The summed E-state index contributed by atoms with van der Waals surface area (Å²) in [6.07, 6.45) is 0.661. The zero-order valence-electron chi connectivity index (χ0n) is 10.7. The summed E-state index contributed by atoms with van der Waals surface area (Å²) in [5, 5.41) is 10.6. The van der Waals surface area contributed by atoms with Crippen LogP contribution in [0.3, 0.4) is 0 Å². The van der Waals surface area contributed by atoms with Crippen LogP contribution < -0.4 is 11.3 Å². The first-order valence-electron chi connectivity index (χ1n) is 5.56. The first kappa shape index (κ1) is 15.3. The molecule has 1 rings (SSSR count). The Bertz CT molecular complexity index is 573. The van der Waals surface area contributed by atoms with Gasteiger partial charge in [0.1, 0.15) is 4.90 Å². The minimum atomic E-state index is -3.72. The van der Waals surface area contributed by atoms with Gasteiger partial charge in [-0.05, 0) is 12.5 Å². The zero-order chi connectivity index (χ0) is 14.6. The molecule has 0 saturated carbocycles. The number of nitrogen functional groups attached to an aromatic ring is 1. The van der Waals surface area contributed by atoms with Gasteiger partial charge >= 0.3 is 0 Å². The van der Waals surface area contributed by atoms with Gasteiger partial charge in [0, 0.05) is 25.7 Å². The van der Waals surface area contributed by atoms with Crippen molar-refractivity contribution in [2.45, 2.75) is 18.2 Å². The number of nitrogens with zero attached hydrogens (tertiary/aromatic N) is 2. The molecule has 106 valence electrons. The molecule has 8 nitrogen and oxygen atoms in total. The summed E-state index contributed by atoms with van der Waals surface area (Å²) < 4.78 is 25.7.